The number of nitrogens with zero attached hydrogens (tertiary/aromatic N) is 2. The number of rotatable bonds is 8. The Bertz CT molecular complexity index is 517. The molecule has 0 aromatic carbocycles. The molecule has 0 bridgehead atoms. The highest BCUT2D eigenvalue weighted by atomic mass is 16.6. The summed E-state index contributed by atoms with van der Waals surface area (Å²) in [5, 5.41) is 24.3. The van der Waals surface area contributed by atoms with E-state index in [1.54, 1.807) is 6.92 Å². The van der Waals surface area contributed by atoms with Gasteiger partial charge in [-0.15, -0.1) is 0 Å². The Morgan fingerprint density at radius 2 is 2.19 bits per heavy atom. The van der Waals surface area contributed by atoms with Crippen molar-refractivity contribution in [1.29, 1.82) is 0 Å². The summed E-state index contributed by atoms with van der Waals surface area (Å²) in [6, 6.07) is 2.10. The Labute approximate surface area is 120 Å². The number of nitrogens with one attached hydrogen (secondary N) is 2. The number of aromatic nitrogens is 1. The van der Waals surface area contributed by atoms with Gasteiger partial charge in [-0.2, -0.15) is 0 Å². The molecule has 0 fully saturated rings. The first kappa shape index (κ1) is 16.3. The SMILES string of the molecule is CC(Nc1ccc([N+](=O)[O-])cn1)C(=O)NCCCC(=O)O. The number of hydrogen-bond acceptors (Lipinski definition) is 6. The van der Waals surface area contributed by atoms with Crippen molar-refractivity contribution in [2.75, 3.05) is 11.9 Å². The summed E-state index contributed by atoms with van der Waals surface area (Å²) >= 11 is 0. The maximum absolute atomic E-state index is 11.7. The second-order valence-corrected chi connectivity index (χ2v) is 4.31. The number of aliphatic carboxylic acids is 1. The Kier molecular flexibility index (Phi) is 6.05. The van der Waals surface area contributed by atoms with Crippen molar-refractivity contribution >= 4 is 23.4 Å². The van der Waals surface area contributed by atoms with Crippen molar-refractivity contribution < 1.29 is 19.6 Å². The first-order valence-electron chi connectivity index (χ1n) is 6.26. The predicted octanol–water partition coefficient (Wildman–Crippen LogP) is 0.771. The molecule has 114 valence electrons. The maximum Gasteiger partial charge on any atom is 0.303 e. The molecule has 21 heavy (non-hydrogen) atoms. The largest absolute Gasteiger partial charge is 0.481 e. The van der Waals surface area contributed by atoms with E-state index >= 15 is 0 Å². The molecule has 1 amide bonds. The average molecular weight is 296 g/mol. The second kappa shape index (κ2) is 7.78. The molecule has 1 aromatic heterocycles. The smallest absolute Gasteiger partial charge is 0.303 e. The zero-order valence-corrected chi connectivity index (χ0v) is 11.4. The van der Waals surface area contributed by atoms with Crippen molar-refractivity contribution in [3.8, 4) is 0 Å². The molecule has 9 nitrogen and oxygen atoms in total. The van der Waals surface area contributed by atoms with E-state index in [9.17, 15) is 19.7 Å². The molecule has 0 radical (unpaired) electrons. The fourth-order valence-corrected chi connectivity index (χ4v) is 1.47. The Morgan fingerprint density at radius 1 is 1.48 bits per heavy atom. The van der Waals surface area contributed by atoms with Crippen molar-refractivity contribution in [3.63, 3.8) is 0 Å². The highest BCUT2D eigenvalue weighted by Gasteiger charge is 2.13. The lowest BCUT2D eigenvalue weighted by molar-refractivity contribution is -0.385. The van der Waals surface area contributed by atoms with Gasteiger partial charge in [-0.3, -0.25) is 19.7 Å². The summed E-state index contributed by atoms with van der Waals surface area (Å²) in [4.78, 5) is 35.8. The quantitative estimate of drug-likeness (QED) is 0.366. The molecule has 1 unspecified atom stereocenters. The summed E-state index contributed by atoms with van der Waals surface area (Å²) in [5.41, 5.74) is -0.133. The minimum absolute atomic E-state index is 0.00794. The molecule has 1 atom stereocenters. The fourth-order valence-electron chi connectivity index (χ4n) is 1.47. The Morgan fingerprint density at radius 3 is 2.71 bits per heavy atom. The van der Waals surface area contributed by atoms with E-state index in [2.05, 4.69) is 15.6 Å². The maximum atomic E-state index is 11.7. The molecule has 9 heteroatoms. The van der Waals surface area contributed by atoms with Crippen molar-refractivity contribution in [2.45, 2.75) is 25.8 Å². The topological polar surface area (TPSA) is 134 Å². The van der Waals surface area contributed by atoms with Gasteiger partial charge in [0.15, 0.2) is 0 Å². The predicted molar refractivity (Wildman–Crippen MR) is 73.9 cm³/mol. The van der Waals surface area contributed by atoms with Crippen LogP contribution in [0.25, 0.3) is 0 Å². The molecular formula is C12H16N4O5. The van der Waals surface area contributed by atoms with Crippen LogP contribution in [0.15, 0.2) is 18.3 Å². The van der Waals surface area contributed by atoms with Crippen LogP contribution >= 0.6 is 0 Å². The van der Waals surface area contributed by atoms with Gasteiger partial charge in [-0.05, 0) is 19.4 Å². The van der Waals surface area contributed by atoms with E-state index in [1.165, 1.54) is 12.1 Å². The number of carboxylic acid groups (broad SMARTS) is 1. The average Bonchev–Trinajstić information content (AvgIpc) is 2.43. The minimum Gasteiger partial charge on any atom is -0.481 e. The van der Waals surface area contributed by atoms with E-state index in [1.807, 2.05) is 0 Å². The number of amides is 1. The third-order valence-corrected chi connectivity index (χ3v) is 2.58. The van der Waals surface area contributed by atoms with Gasteiger partial charge in [-0.1, -0.05) is 0 Å². The summed E-state index contributed by atoms with van der Waals surface area (Å²) in [5.74, 6) is -0.875. The lowest BCUT2D eigenvalue weighted by Gasteiger charge is -2.14. The zero-order valence-electron chi connectivity index (χ0n) is 11.4. The van der Waals surface area contributed by atoms with Crippen LogP contribution in [0.2, 0.25) is 0 Å². The van der Waals surface area contributed by atoms with Crippen molar-refractivity contribution in [3.05, 3.63) is 28.4 Å². The van der Waals surface area contributed by atoms with Crippen LogP contribution in [0.4, 0.5) is 11.5 Å². The van der Waals surface area contributed by atoms with E-state index in [4.69, 9.17) is 5.11 Å². The summed E-state index contributed by atoms with van der Waals surface area (Å²) in [6.07, 6.45) is 1.44. The lowest BCUT2D eigenvalue weighted by atomic mass is 10.2. The van der Waals surface area contributed by atoms with Gasteiger partial charge in [0.25, 0.3) is 5.69 Å². The highest BCUT2D eigenvalue weighted by Crippen LogP contribution is 2.12. The second-order valence-electron chi connectivity index (χ2n) is 4.31. The Hall–Kier alpha value is -2.71. The molecular weight excluding hydrogens is 280 g/mol. The highest BCUT2D eigenvalue weighted by molar-refractivity contribution is 5.83. The zero-order chi connectivity index (χ0) is 15.8. The van der Waals surface area contributed by atoms with E-state index in [-0.39, 0.29) is 24.6 Å². The number of nitro groups is 1. The van der Waals surface area contributed by atoms with E-state index in [0.29, 0.717) is 12.2 Å². The number of anilines is 1. The van der Waals surface area contributed by atoms with Gasteiger partial charge in [0.05, 0.1) is 4.92 Å². The van der Waals surface area contributed by atoms with Gasteiger partial charge < -0.3 is 15.7 Å². The number of carbonyl (C=O) groups is 2. The fraction of sp³-hybridized carbons (Fsp3) is 0.417. The molecule has 0 saturated heterocycles. The molecule has 0 aliphatic carbocycles. The van der Waals surface area contributed by atoms with Gasteiger partial charge in [0, 0.05) is 19.0 Å². The molecule has 1 rings (SSSR count). The first-order chi connectivity index (χ1) is 9.90. The summed E-state index contributed by atoms with van der Waals surface area (Å²) < 4.78 is 0. The van der Waals surface area contributed by atoms with Crippen LogP contribution in [0, 0.1) is 10.1 Å². The molecule has 0 aliphatic rings. The van der Waals surface area contributed by atoms with Crippen LogP contribution in [0.5, 0.6) is 0 Å². The van der Waals surface area contributed by atoms with Gasteiger partial charge in [0.1, 0.15) is 18.1 Å². The van der Waals surface area contributed by atoms with Crippen LogP contribution in [-0.2, 0) is 9.59 Å². The number of carbonyl (C=O) groups excluding carboxylic acids is 1. The first-order valence-corrected chi connectivity index (χ1v) is 6.26. The van der Waals surface area contributed by atoms with Crippen LogP contribution in [-0.4, -0.2) is 39.5 Å². The van der Waals surface area contributed by atoms with Crippen LogP contribution < -0.4 is 10.6 Å². The summed E-state index contributed by atoms with van der Waals surface area (Å²) in [7, 11) is 0. The monoisotopic (exact) mass is 296 g/mol. The van der Waals surface area contributed by atoms with Crippen molar-refractivity contribution in [2.24, 2.45) is 0 Å². The molecule has 0 aliphatic heterocycles. The standard InChI is InChI=1S/C12H16N4O5/c1-8(12(19)13-6-2-3-11(17)18)15-10-5-4-9(7-14-10)16(20)21/h4-5,7-8H,2-3,6H2,1H3,(H,13,19)(H,14,15)(H,17,18). The van der Waals surface area contributed by atoms with Crippen LogP contribution in [0.3, 0.4) is 0 Å². The lowest BCUT2D eigenvalue weighted by Crippen LogP contribution is -2.38. The third-order valence-electron chi connectivity index (χ3n) is 2.58. The molecule has 0 saturated carbocycles. The molecule has 0 spiro atoms. The van der Waals surface area contributed by atoms with E-state index < -0.39 is 16.9 Å². The van der Waals surface area contributed by atoms with Gasteiger partial charge in [-0.25, -0.2) is 4.98 Å². The third kappa shape index (κ3) is 5.85. The van der Waals surface area contributed by atoms with Gasteiger partial charge in [0.2, 0.25) is 5.91 Å². The number of pyridine rings is 1. The van der Waals surface area contributed by atoms with Crippen molar-refractivity contribution in [1.82, 2.24) is 10.3 Å². The molecule has 3 N–H and O–H groups in total. The normalized spacial score (nSPS) is 11.5. The summed E-state index contributed by atoms with van der Waals surface area (Å²) in [6.45, 7) is 1.88. The van der Waals surface area contributed by atoms with E-state index in [0.717, 1.165) is 6.20 Å². The molecule has 1 heterocycles. The minimum atomic E-state index is -0.912. The Balaban J connectivity index is 2.41. The number of carboxylic acids is 1. The van der Waals surface area contributed by atoms with Crippen LogP contribution in [0.1, 0.15) is 19.8 Å². The number of hydrogen-bond donors (Lipinski definition) is 3. The van der Waals surface area contributed by atoms with Gasteiger partial charge >= 0.3 is 5.97 Å². The molecule has 1 aromatic rings.